The fraction of sp³-hybridized carbons (Fsp3) is 0.611. The summed E-state index contributed by atoms with van der Waals surface area (Å²) in [6, 6.07) is 6.39. The number of hydrogen-bond acceptors (Lipinski definition) is 7. The van der Waals surface area contributed by atoms with Gasteiger partial charge in [-0.05, 0) is 13.8 Å². The van der Waals surface area contributed by atoms with Crippen LogP contribution in [0.3, 0.4) is 0 Å². The van der Waals surface area contributed by atoms with Gasteiger partial charge in [-0.1, -0.05) is 25.1 Å². The van der Waals surface area contributed by atoms with E-state index in [0.717, 1.165) is 0 Å². The van der Waals surface area contributed by atoms with Gasteiger partial charge in [-0.15, -0.1) is 0 Å². The Labute approximate surface area is 152 Å². The van der Waals surface area contributed by atoms with E-state index in [1.54, 1.807) is 32.2 Å². The Kier molecular flexibility index (Phi) is 6.55. The molecule has 0 N–H and O–H groups in total. The lowest BCUT2D eigenvalue weighted by Crippen LogP contribution is -2.31. The first-order valence-electron chi connectivity index (χ1n) is 8.47. The van der Waals surface area contributed by atoms with Gasteiger partial charge in [-0.3, -0.25) is 10.1 Å². The van der Waals surface area contributed by atoms with E-state index in [1.165, 1.54) is 6.07 Å². The van der Waals surface area contributed by atoms with Crippen LogP contribution >= 0.6 is 0 Å². The van der Waals surface area contributed by atoms with Crippen molar-refractivity contribution < 1.29 is 28.7 Å². The van der Waals surface area contributed by atoms with Crippen LogP contribution in [-0.4, -0.2) is 49.2 Å². The van der Waals surface area contributed by atoms with Crippen LogP contribution in [0.25, 0.3) is 0 Å². The maximum Gasteiger partial charge on any atom is 0.508 e. The fourth-order valence-electron chi connectivity index (χ4n) is 3.08. The second kappa shape index (κ2) is 8.46. The molecule has 3 atom stereocenters. The van der Waals surface area contributed by atoms with Crippen molar-refractivity contribution in [2.75, 3.05) is 20.3 Å². The van der Waals surface area contributed by atoms with Crippen LogP contribution in [0.5, 0.6) is 0 Å². The van der Waals surface area contributed by atoms with E-state index in [4.69, 9.17) is 18.9 Å². The van der Waals surface area contributed by atoms with Crippen molar-refractivity contribution >= 4 is 11.8 Å². The molecule has 144 valence electrons. The van der Waals surface area contributed by atoms with Crippen LogP contribution in [0.4, 0.5) is 10.5 Å². The number of hydrogen-bond donors (Lipinski definition) is 0. The van der Waals surface area contributed by atoms with E-state index in [9.17, 15) is 14.9 Å². The van der Waals surface area contributed by atoms with Crippen molar-refractivity contribution in [3.8, 4) is 0 Å². The maximum atomic E-state index is 12.0. The Bertz CT molecular complexity index is 646. The van der Waals surface area contributed by atoms with Crippen LogP contribution in [0.15, 0.2) is 24.3 Å². The van der Waals surface area contributed by atoms with E-state index in [2.05, 4.69) is 0 Å². The van der Waals surface area contributed by atoms with Gasteiger partial charge < -0.3 is 18.9 Å². The van der Waals surface area contributed by atoms with Crippen molar-refractivity contribution in [3.63, 3.8) is 0 Å². The van der Waals surface area contributed by atoms with E-state index in [1.807, 2.05) is 13.8 Å². The van der Waals surface area contributed by atoms with Crippen molar-refractivity contribution in [2.24, 2.45) is 0 Å². The average molecular weight is 367 g/mol. The molecule has 0 aromatic heterocycles. The summed E-state index contributed by atoms with van der Waals surface area (Å²) in [5, 5.41) is 11.1. The molecular weight excluding hydrogens is 342 g/mol. The van der Waals surface area contributed by atoms with Crippen LogP contribution in [-0.2, 0) is 18.9 Å². The molecule has 8 nitrogen and oxygen atoms in total. The highest BCUT2D eigenvalue weighted by atomic mass is 16.7. The zero-order valence-electron chi connectivity index (χ0n) is 15.5. The molecule has 0 amide bonds. The van der Waals surface area contributed by atoms with Gasteiger partial charge in [0.15, 0.2) is 0 Å². The van der Waals surface area contributed by atoms with Crippen molar-refractivity contribution in [2.45, 2.75) is 50.9 Å². The third-order valence-electron chi connectivity index (χ3n) is 4.27. The largest absolute Gasteiger partial charge is 0.508 e. The molecule has 1 aromatic rings. The molecule has 0 aliphatic carbocycles. The van der Waals surface area contributed by atoms with Gasteiger partial charge in [-0.25, -0.2) is 4.79 Å². The van der Waals surface area contributed by atoms with Gasteiger partial charge in [0.05, 0.1) is 17.1 Å². The first kappa shape index (κ1) is 20.1. The molecule has 0 radical (unpaired) electrons. The lowest BCUT2D eigenvalue weighted by molar-refractivity contribution is -0.385. The number of nitrogens with zero attached hydrogens (tertiary/aromatic N) is 1. The van der Waals surface area contributed by atoms with Crippen molar-refractivity contribution in [1.29, 1.82) is 0 Å². The van der Waals surface area contributed by atoms with Crippen LogP contribution < -0.4 is 0 Å². The van der Waals surface area contributed by atoms with Gasteiger partial charge in [0.25, 0.3) is 5.69 Å². The molecule has 2 unspecified atom stereocenters. The van der Waals surface area contributed by atoms with E-state index in [-0.39, 0.29) is 24.3 Å². The molecule has 1 heterocycles. The normalized spacial score (nSPS) is 22.6. The maximum absolute atomic E-state index is 12.0. The lowest BCUT2D eigenvalue weighted by atomic mass is 10.0. The van der Waals surface area contributed by atoms with Gasteiger partial charge >= 0.3 is 6.16 Å². The number of carbonyl (C=O) groups is 1. The van der Waals surface area contributed by atoms with Gasteiger partial charge in [0, 0.05) is 31.1 Å². The smallest absolute Gasteiger partial charge is 0.434 e. The average Bonchev–Trinajstić information content (AvgIpc) is 2.86. The van der Waals surface area contributed by atoms with E-state index >= 15 is 0 Å². The number of para-hydroxylation sites is 1. The summed E-state index contributed by atoms with van der Waals surface area (Å²) < 4.78 is 21.5. The predicted octanol–water partition coefficient (Wildman–Crippen LogP) is 3.43. The van der Waals surface area contributed by atoms with Crippen LogP contribution in [0, 0.1) is 10.1 Å². The molecule has 1 aliphatic rings. The fourth-order valence-corrected chi connectivity index (χ4v) is 3.08. The highest BCUT2D eigenvalue weighted by Crippen LogP contribution is 2.32. The minimum absolute atomic E-state index is 0.00284. The summed E-state index contributed by atoms with van der Waals surface area (Å²) in [4.78, 5) is 22.7. The molecule has 26 heavy (non-hydrogen) atoms. The second-order valence-corrected chi connectivity index (χ2v) is 7.01. The number of nitro groups is 1. The molecule has 1 aliphatic heterocycles. The monoisotopic (exact) mass is 367 g/mol. The van der Waals surface area contributed by atoms with Gasteiger partial charge in [0.2, 0.25) is 0 Å². The standard InChI is InChI=1S/C18H25NO7/c1-12(13-7-5-6-8-14(13)19(21)22)10-24-17(20)25-15-9-18(2,3)26-16(15)11-23-4/h5-8,12,15-16H,9-11H2,1-4H3/t12?,15?,16-/m1/s1. The first-order valence-corrected chi connectivity index (χ1v) is 8.47. The van der Waals surface area contributed by atoms with Gasteiger partial charge in [-0.2, -0.15) is 0 Å². The van der Waals surface area contributed by atoms with Gasteiger partial charge in [0.1, 0.15) is 18.8 Å². The molecule has 8 heteroatoms. The number of benzene rings is 1. The third-order valence-corrected chi connectivity index (χ3v) is 4.27. The molecule has 1 saturated heterocycles. The van der Waals surface area contributed by atoms with Crippen LogP contribution in [0.1, 0.15) is 38.7 Å². The molecule has 1 aromatic carbocycles. The lowest BCUT2D eigenvalue weighted by Gasteiger charge is -2.19. The molecular formula is C18H25NO7. The number of ether oxygens (including phenoxy) is 4. The number of rotatable bonds is 7. The second-order valence-electron chi connectivity index (χ2n) is 7.01. The SMILES string of the molecule is COC[C@H]1OC(C)(C)CC1OC(=O)OCC(C)c1ccccc1[N+](=O)[O-]. The van der Waals surface area contributed by atoms with Crippen molar-refractivity contribution in [1.82, 2.24) is 0 Å². The molecule has 1 fully saturated rings. The highest BCUT2D eigenvalue weighted by molar-refractivity contribution is 5.60. The minimum atomic E-state index is -0.817. The summed E-state index contributed by atoms with van der Waals surface area (Å²) >= 11 is 0. The predicted molar refractivity (Wildman–Crippen MR) is 93.2 cm³/mol. The van der Waals surface area contributed by atoms with E-state index < -0.39 is 22.8 Å². The van der Waals surface area contributed by atoms with Crippen LogP contribution in [0.2, 0.25) is 0 Å². The van der Waals surface area contributed by atoms with E-state index in [0.29, 0.717) is 18.6 Å². The number of methoxy groups -OCH3 is 1. The number of carbonyl (C=O) groups excluding carboxylic acids is 1. The summed E-state index contributed by atoms with van der Waals surface area (Å²) in [6.45, 7) is 5.89. The molecule has 2 rings (SSSR count). The quantitative estimate of drug-likeness (QED) is 0.414. The zero-order chi connectivity index (χ0) is 19.3. The third kappa shape index (κ3) is 5.15. The first-order chi connectivity index (χ1) is 12.2. The summed E-state index contributed by atoms with van der Waals surface area (Å²) in [5.41, 5.74) is 0.0995. The molecule has 0 saturated carbocycles. The zero-order valence-corrected chi connectivity index (χ0v) is 15.5. The molecule has 0 bridgehead atoms. The molecule has 0 spiro atoms. The Morgan fingerprint density at radius 3 is 2.77 bits per heavy atom. The number of nitro benzene ring substituents is 1. The minimum Gasteiger partial charge on any atom is -0.434 e. The Hall–Kier alpha value is -2.19. The Morgan fingerprint density at radius 2 is 2.12 bits per heavy atom. The Balaban J connectivity index is 1.91. The highest BCUT2D eigenvalue weighted by Gasteiger charge is 2.43. The summed E-state index contributed by atoms with van der Waals surface area (Å²) in [6.07, 6.45) is -1.09. The Morgan fingerprint density at radius 1 is 1.42 bits per heavy atom. The summed E-state index contributed by atoms with van der Waals surface area (Å²) in [7, 11) is 1.55. The summed E-state index contributed by atoms with van der Waals surface area (Å²) in [5.74, 6) is -0.338. The topological polar surface area (TPSA) is 97.1 Å². The van der Waals surface area contributed by atoms with Crippen molar-refractivity contribution in [3.05, 3.63) is 39.9 Å².